The Balaban J connectivity index is 1.72. The molecule has 19 heavy (non-hydrogen) atoms. The van der Waals surface area contributed by atoms with Gasteiger partial charge >= 0.3 is 5.97 Å². The maximum absolute atomic E-state index is 12.3. The van der Waals surface area contributed by atoms with Gasteiger partial charge in [-0.05, 0) is 32.3 Å². The number of aliphatic carboxylic acids is 1. The number of hydrogen-bond donors (Lipinski definition) is 2. The van der Waals surface area contributed by atoms with Crippen LogP contribution in [-0.2, 0) is 4.79 Å². The molecule has 1 saturated heterocycles. The van der Waals surface area contributed by atoms with Crippen molar-refractivity contribution in [2.24, 2.45) is 5.41 Å². The number of likely N-dealkylation sites (tertiary alicyclic amines) is 1. The van der Waals surface area contributed by atoms with Crippen LogP contribution in [-0.4, -0.2) is 45.2 Å². The largest absolute Gasteiger partial charge is 0.481 e. The first-order valence-electron chi connectivity index (χ1n) is 6.57. The molecular formula is C13H17N3O3. The second-order valence-corrected chi connectivity index (χ2v) is 5.83. The first-order valence-corrected chi connectivity index (χ1v) is 6.57. The van der Waals surface area contributed by atoms with Crippen molar-refractivity contribution in [1.29, 1.82) is 0 Å². The van der Waals surface area contributed by atoms with Crippen LogP contribution in [0.1, 0.15) is 48.3 Å². The lowest BCUT2D eigenvalue weighted by molar-refractivity contribution is -0.147. The molecule has 1 aromatic heterocycles. The fourth-order valence-electron chi connectivity index (χ4n) is 2.52. The maximum atomic E-state index is 12.3. The average molecular weight is 263 g/mol. The SMILES string of the molecule is C[C@@]1(C(=O)O)CCN(C(=O)c2cc(C3CC3)[nH]n2)C1. The zero-order valence-electron chi connectivity index (χ0n) is 10.8. The summed E-state index contributed by atoms with van der Waals surface area (Å²) in [5.74, 6) is -0.492. The van der Waals surface area contributed by atoms with Crippen LogP contribution in [0.3, 0.4) is 0 Å². The number of carbonyl (C=O) groups is 2. The normalized spacial score (nSPS) is 26.7. The number of carboxylic acid groups (broad SMARTS) is 1. The predicted molar refractivity (Wildman–Crippen MR) is 66.8 cm³/mol. The van der Waals surface area contributed by atoms with Crippen LogP contribution in [0.25, 0.3) is 0 Å². The highest BCUT2D eigenvalue weighted by molar-refractivity contribution is 5.93. The molecule has 0 unspecified atom stereocenters. The summed E-state index contributed by atoms with van der Waals surface area (Å²) in [7, 11) is 0. The minimum Gasteiger partial charge on any atom is -0.481 e. The summed E-state index contributed by atoms with van der Waals surface area (Å²) in [5, 5.41) is 16.1. The van der Waals surface area contributed by atoms with Crippen LogP contribution in [0, 0.1) is 5.41 Å². The van der Waals surface area contributed by atoms with E-state index in [9.17, 15) is 9.59 Å². The van der Waals surface area contributed by atoms with Gasteiger partial charge in [-0.3, -0.25) is 14.7 Å². The number of amides is 1. The number of carbonyl (C=O) groups excluding carboxylic acids is 1. The van der Waals surface area contributed by atoms with Gasteiger partial charge in [0, 0.05) is 24.7 Å². The predicted octanol–water partition coefficient (Wildman–Crippen LogP) is 1.22. The Morgan fingerprint density at radius 3 is 2.84 bits per heavy atom. The van der Waals surface area contributed by atoms with Crippen molar-refractivity contribution in [3.63, 3.8) is 0 Å². The number of aromatic nitrogens is 2. The van der Waals surface area contributed by atoms with E-state index in [1.807, 2.05) is 0 Å². The van der Waals surface area contributed by atoms with Crippen molar-refractivity contribution in [2.45, 2.75) is 32.1 Å². The Kier molecular flexibility index (Phi) is 2.62. The molecule has 1 amide bonds. The lowest BCUT2D eigenvalue weighted by Crippen LogP contribution is -2.35. The Morgan fingerprint density at radius 1 is 1.53 bits per heavy atom. The number of hydrogen-bond acceptors (Lipinski definition) is 3. The number of aromatic amines is 1. The van der Waals surface area contributed by atoms with E-state index in [2.05, 4.69) is 10.2 Å². The maximum Gasteiger partial charge on any atom is 0.311 e. The summed E-state index contributed by atoms with van der Waals surface area (Å²) in [6.07, 6.45) is 2.79. The second kappa shape index (κ2) is 4.08. The smallest absolute Gasteiger partial charge is 0.311 e. The zero-order valence-corrected chi connectivity index (χ0v) is 10.8. The molecule has 3 rings (SSSR count). The molecule has 0 radical (unpaired) electrons. The molecular weight excluding hydrogens is 246 g/mol. The minimum absolute atomic E-state index is 0.173. The second-order valence-electron chi connectivity index (χ2n) is 5.83. The van der Waals surface area contributed by atoms with E-state index in [1.54, 1.807) is 17.9 Å². The van der Waals surface area contributed by atoms with Crippen molar-refractivity contribution >= 4 is 11.9 Å². The van der Waals surface area contributed by atoms with Gasteiger partial charge in [0.25, 0.3) is 5.91 Å². The van der Waals surface area contributed by atoms with Crippen LogP contribution in [0.4, 0.5) is 0 Å². The molecule has 2 heterocycles. The number of rotatable bonds is 3. The molecule has 6 nitrogen and oxygen atoms in total. The monoisotopic (exact) mass is 263 g/mol. The van der Waals surface area contributed by atoms with Crippen LogP contribution < -0.4 is 0 Å². The van der Waals surface area contributed by atoms with E-state index in [4.69, 9.17) is 5.11 Å². The molecule has 2 fully saturated rings. The molecule has 1 aliphatic carbocycles. The van der Waals surface area contributed by atoms with Gasteiger partial charge < -0.3 is 10.0 Å². The topological polar surface area (TPSA) is 86.3 Å². The fourth-order valence-corrected chi connectivity index (χ4v) is 2.52. The first-order chi connectivity index (χ1) is 8.99. The molecule has 2 N–H and O–H groups in total. The fraction of sp³-hybridized carbons (Fsp3) is 0.615. The molecule has 0 aromatic carbocycles. The van der Waals surface area contributed by atoms with Gasteiger partial charge in [0.2, 0.25) is 0 Å². The van der Waals surface area contributed by atoms with E-state index in [0.717, 1.165) is 18.5 Å². The van der Waals surface area contributed by atoms with Gasteiger partial charge in [-0.2, -0.15) is 5.10 Å². The molecule has 1 aromatic rings. The molecule has 1 atom stereocenters. The molecule has 6 heteroatoms. The van der Waals surface area contributed by atoms with Crippen molar-refractivity contribution in [1.82, 2.24) is 15.1 Å². The highest BCUT2D eigenvalue weighted by Gasteiger charge is 2.42. The van der Waals surface area contributed by atoms with E-state index in [0.29, 0.717) is 24.6 Å². The van der Waals surface area contributed by atoms with Crippen LogP contribution in [0.15, 0.2) is 6.07 Å². The highest BCUT2D eigenvalue weighted by atomic mass is 16.4. The summed E-state index contributed by atoms with van der Waals surface area (Å²) in [6.45, 7) is 2.42. The third-order valence-corrected chi connectivity index (χ3v) is 4.11. The zero-order chi connectivity index (χ0) is 13.6. The van der Waals surface area contributed by atoms with Crippen molar-refractivity contribution < 1.29 is 14.7 Å². The summed E-state index contributed by atoms with van der Waals surface area (Å²) in [6, 6.07) is 1.80. The Morgan fingerprint density at radius 2 is 2.26 bits per heavy atom. The lowest BCUT2D eigenvalue weighted by Gasteiger charge is -2.19. The molecule has 1 aliphatic heterocycles. The highest BCUT2D eigenvalue weighted by Crippen LogP contribution is 2.39. The quantitative estimate of drug-likeness (QED) is 0.858. The van der Waals surface area contributed by atoms with Gasteiger partial charge in [0.1, 0.15) is 5.69 Å². The third kappa shape index (κ3) is 2.11. The molecule has 1 saturated carbocycles. The van der Waals surface area contributed by atoms with Gasteiger partial charge in [0.15, 0.2) is 0 Å². The number of nitrogens with zero attached hydrogens (tertiary/aromatic N) is 2. The van der Waals surface area contributed by atoms with Gasteiger partial charge in [-0.15, -0.1) is 0 Å². The molecule has 0 bridgehead atoms. The Hall–Kier alpha value is -1.85. The summed E-state index contributed by atoms with van der Waals surface area (Å²) >= 11 is 0. The minimum atomic E-state index is -0.844. The molecule has 0 spiro atoms. The van der Waals surface area contributed by atoms with Gasteiger partial charge in [0.05, 0.1) is 5.41 Å². The molecule has 102 valence electrons. The average Bonchev–Trinajstić information content (AvgIpc) is 2.97. The van der Waals surface area contributed by atoms with Crippen LogP contribution in [0.2, 0.25) is 0 Å². The first kappa shape index (κ1) is 12.2. The summed E-state index contributed by atoms with van der Waals surface area (Å²) in [4.78, 5) is 25.0. The van der Waals surface area contributed by atoms with E-state index < -0.39 is 11.4 Å². The van der Waals surface area contributed by atoms with Crippen LogP contribution in [0.5, 0.6) is 0 Å². The van der Waals surface area contributed by atoms with Gasteiger partial charge in [-0.25, -0.2) is 0 Å². The van der Waals surface area contributed by atoms with Crippen molar-refractivity contribution in [3.05, 3.63) is 17.5 Å². The summed E-state index contributed by atoms with van der Waals surface area (Å²) < 4.78 is 0. The van der Waals surface area contributed by atoms with Crippen LogP contribution >= 0.6 is 0 Å². The van der Waals surface area contributed by atoms with Gasteiger partial charge in [-0.1, -0.05) is 0 Å². The van der Waals surface area contributed by atoms with E-state index in [1.165, 1.54) is 0 Å². The van der Waals surface area contributed by atoms with Crippen molar-refractivity contribution in [2.75, 3.05) is 13.1 Å². The number of carboxylic acids is 1. The van der Waals surface area contributed by atoms with E-state index >= 15 is 0 Å². The summed E-state index contributed by atoms with van der Waals surface area (Å²) in [5.41, 5.74) is 0.589. The van der Waals surface area contributed by atoms with Crippen molar-refractivity contribution in [3.8, 4) is 0 Å². The number of nitrogens with one attached hydrogen (secondary N) is 1. The standard InChI is InChI=1S/C13H17N3O3/c1-13(12(18)19)4-5-16(7-13)11(17)10-6-9(14-15-10)8-2-3-8/h6,8H,2-5,7H2,1H3,(H,14,15)(H,18,19)/t13-/m1/s1. The lowest BCUT2D eigenvalue weighted by atomic mass is 9.90. The third-order valence-electron chi connectivity index (χ3n) is 4.11. The van der Waals surface area contributed by atoms with E-state index in [-0.39, 0.29) is 12.5 Å². The number of H-pyrrole nitrogens is 1. The molecule has 2 aliphatic rings. The Labute approximate surface area is 110 Å². The Bertz CT molecular complexity index is 535.